The average Bonchev–Trinajstić information content (AvgIpc) is 3.15. The number of para-hydroxylation sites is 1. The number of anilines is 2. The second-order valence-electron chi connectivity index (χ2n) is 7.10. The van der Waals surface area contributed by atoms with Crippen LogP contribution in [-0.4, -0.2) is 63.7 Å². The summed E-state index contributed by atoms with van der Waals surface area (Å²) < 4.78 is 52.8. The van der Waals surface area contributed by atoms with Crippen molar-refractivity contribution >= 4 is 38.4 Å². The predicted molar refractivity (Wildman–Crippen MR) is 121 cm³/mol. The molecule has 2 amide bonds. The zero-order chi connectivity index (χ0) is 24.2. The minimum absolute atomic E-state index is 0.289. The van der Waals surface area contributed by atoms with Crippen LogP contribution in [0, 0.1) is 0 Å². The SMILES string of the molecule is COc1cccc(NC(=O)N(CCN(C)C)c2nc3ccc(OC(F)(F)F)cc3s2)c1OC. The molecule has 178 valence electrons. The number of nitrogens with zero attached hydrogens (tertiary/aromatic N) is 3. The number of alkyl halides is 3. The van der Waals surface area contributed by atoms with Crippen LogP contribution in [0.15, 0.2) is 36.4 Å². The molecule has 0 fully saturated rings. The molecule has 0 bridgehead atoms. The van der Waals surface area contributed by atoms with Crippen LogP contribution < -0.4 is 24.4 Å². The summed E-state index contributed by atoms with van der Waals surface area (Å²) >= 11 is 1.09. The van der Waals surface area contributed by atoms with Crippen LogP contribution >= 0.6 is 11.3 Å². The number of urea groups is 1. The van der Waals surface area contributed by atoms with Crippen molar-refractivity contribution in [3.63, 3.8) is 0 Å². The predicted octanol–water partition coefficient (Wildman–Crippen LogP) is 4.81. The van der Waals surface area contributed by atoms with E-state index in [9.17, 15) is 18.0 Å². The first-order valence-electron chi connectivity index (χ1n) is 9.72. The van der Waals surface area contributed by atoms with Gasteiger partial charge in [0.15, 0.2) is 16.6 Å². The Bertz CT molecular complexity index is 1120. The smallest absolute Gasteiger partial charge is 0.493 e. The second-order valence-corrected chi connectivity index (χ2v) is 8.11. The zero-order valence-corrected chi connectivity index (χ0v) is 19.2. The molecule has 0 unspecified atom stereocenters. The summed E-state index contributed by atoms with van der Waals surface area (Å²) in [4.78, 5) is 21.0. The number of amides is 2. The van der Waals surface area contributed by atoms with Gasteiger partial charge in [-0.2, -0.15) is 0 Å². The van der Waals surface area contributed by atoms with Crippen LogP contribution in [0.1, 0.15) is 0 Å². The van der Waals surface area contributed by atoms with Crippen molar-refractivity contribution in [2.45, 2.75) is 6.36 Å². The van der Waals surface area contributed by atoms with Crippen LogP contribution in [0.3, 0.4) is 0 Å². The largest absolute Gasteiger partial charge is 0.573 e. The van der Waals surface area contributed by atoms with Gasteiger partial charge < -0.3 is 24.4 Å². The summed E-state index contributed by atoms with van der Waals surface area (Å²) in [7, 11) is 6.68. The highest BCUT2D eigenvalue weighted by atomic mass is 32.1. The van der Waals surface area contributed by atoms with E-state index in [1.54, 1.807) is 18.2 Å². The minimum Gasteiger partial charge on any atom is -0.493 e. The number of ether oxygens (including phenoxy) is 3. The number of fused-ring (bicyclic) bond motifs is 1. The molecule has 12 heteroatoms. The van der Waals surface area contributed by atoms with Gasteiger partial charge in [0.05, 0.1) is 30.1 Å². The van der Waals surface area contributed by atoms with Crippen LogP contribution in [0.4, 0.5) is 28.8 Å². The normalized spacial score (nSPS) is 11.5. The topological polar surface area (TPSA) is 76.2 Å². The number of hydrogen-bond acceptors (Lipinski definition) is 7. The fraction of sp³-hybridized carbons (Fsp3) is 0.333. The third-order valence-electron chi connectivity index (χ3n) is 4.47. The number of aromatic nitrogens is 1. The minimum atomic E-state index is -4.80. The van der Waals surface area contributed by atoms with E-state index in [1.807, 2.05) is 19.0 Å². The summed E-state index contributed by atoms with van der Waals surface area (Å²) in [6.07, 6.45) is -4.80. The highest BCUT2D eigenvalue weighted by molar-refractivity contribution is 7.22. The summed E-state index contributed by atoms with van der Waals surface area (Å²) in [6.45, 7) is 0.817. The molecule has 1 heterocycles. The Hall–Kier alpha value is -3.25. The number of likely N-dealkylation sites (N-methyl/N-ethyl adjacent to an activating group) is 1. The molecule has 0 saturated heterocycles. The maximum Gasteiger partial charge on any atom is 0.573 e. The number of carbonyl (C=O) groups is 1. The molecule has 3 aromatic rings. The van der Waals surface area contributed by atoms with E-state index < -0.39 is 12.4 Å². The summed E-state index contributed by atoms with van der Waals surface area (Å²) in [5.74, 6) is 0.460. The Morgan fingerprint density at radius 1 is 1.12 bits per heavy atom. The monoisotopic (exact) mass is 484 g/mol. The molecule has 0 radical (unpaired) electrons. The lowest BCUT2D eigenvalue weighted by atomic mass is 10.2. The number of halogens is 3. The third kappa shape index (κ3) is 6.17. The van der Waals surface area contributed by atoms with Crippen LogP contribution in [0.5, 0.6) is 17.2 Å². The van der Waals surface area contributed by atoms with E-state index in [1.165, 1.54) is 37.3 Å². The van der Waals surface area contributed by atoms with Crippen LogP contribution in [-0.2, 0) is 0 Å². The van der Waals surface area contributed by atoms with Crippen LogP contribution in [0.2, 0.25) is 0 Å². The lowest BCUT2D eigenvalue weighted by Gasteiger charge is -2.23. The number of thiazole rings is 1. The van der Waals surface area contributed by atoms with Gasteiger partial charge in [0, 0.05) is 19.2 Å². The lowest BCUT2D eigenvalue weighted by molar-refractivity contribution is -0.274. The fourth-order valence-corrected chi connectivity index (χ4v) is 3.98. The molecule has 0 spiro atoms. The molecule has 0 aliphatic rings. The molecule has 3 rings (SSSR count). The maximum absolute atomic E-state index is 13.2. The Morgan fingerprint density at radius 2 is 1.88 bits per heavy atom. The Morgan fingerprint density at radius 3 is 2.52 bits per heavy atom. The number of methoxy groups -OCH3 is 2. The highest BCUT2D eigenvalue weighted by Crippen LogP contribution is 2.36. The average molecular weight is 485 g/mol. The van der Waals surface area contributed by atoms with Crippen molar-refractivity contribution in [1.82, 2.24) is 9.88 Å². The number of benzene rings is 2. The molecule has 0 aliphatic carbocycles. The van der Waals surface area contributed by atoms with Gasteiger partial charge >= 0.3 is 12.4 Å². The Kier molecular flexibility index (Phi) is 7.49. The molecule has 2 aromatic carbocycles. The second kappa shape index (κ2) is 10.1. The van der Waals surface area contributed by atoms with Crippen LogP contribution in [0.25, 0.3) is 10.2 Å². The number of rotatable bonds is 8. The fourth-order valence-electron chi connectivity index (χ4n) is 2.96. The number of carbonyl (C=O) groups excluding carboxylic acids is 1. The molecule has 8 nitrogen and oxygen atoms in total. The van der Waals surface area contributed by atoms with Gasteiger partial charge in [0.2, 0.25) is 0 Å². The van der Waals surface area contributed by atoms with Gasteiger partial charge in [-0.25, -0.2) is 9.78 Å². The molecule has 1 N–H and O–H groups in total. The van der Waals surface area contributed by atoms with Gasteiger partial charge in [-0.05, 0) is 38.4 Å². The van der Waals surface area contributed by atoms with Gasteiger partial charge in [-0.3, -0.25) is 4.90 Å². The Balaban J connectivity index is 1.92. The summed E-state index contributed by atoms with van der Waals surface area (Å²) in [6, 6.07) is 8.45. The van der Waals surface area contributed by atoms with E-state index >= 15 is 0 Å². The van der Waals surface area contributed by atoms with Crippen molar-refractivity contribution in [1.29, 1.82) is 0 Å². The molecular formula is C21H23F3N4O4S. The van der Waals surface area contributed by atoms with E-state index in [4.69, 9.17) is 9.47 Å². The number of nitrogens with one attached hydrogen (secondary N) is 1. The summed E-state index contributed by atoms with van der Waals surface area (Å²) in [5.41, 5.74) is 0.852. The quantitative estimate of drug-likeness (QED) is 0.495. The van der Waals surface area contributed by atoms with Gasteiger partial charge in [0.1, 0.15) is 5.75 Å². The molecule has 0 atom stereocenters. The highest BCUT2D eigenvalue weighted by Gasteiger charge is 2.31. The molecule has 0 saturated carbocycles. The van der Waals surface area contributed by atoms with Crippen molar-refractivity contribution in [3.05, 3.63) is 36.4 Å². The number of hydrogen-bond donors (Lipinski definition) is 1. The maximum atomic E-state index is 13.2. The summed E-state index contributed by atoms with van der Waals surface area (Å²) in [5, 5.41) is 3.13. The van der Waals surface area contributed by atoms with Crippen molar-refractivity contribution in [2.24, 2.45) is 0 Å². The van der Waals surface area contributed by atoms with E-state index in [-0.39, 0.29) is 12.3 Å². The first-order chi connectivity index (χ1) is 15.6. The van der Waals surface area contributed by atoms with Gasteiger partial charge in [-0.15, -0.1) is 13.2 Å². The molecule has 1 aromatic heterocycles. The molecule has 33 heavy (non-hydrogen) atoms. The zero-order valence-electron chi connectivity index (χ0n) is 18.4. The van der Waals surface area contributed by atoms with Crippen molar-refractivity contribution in [3.8, 4) is 17.2 Å². The third-order valence-corrected chi connectivity index (χ3v) is 5.51. The van der Waals surface area contributed by atoms with E-state index in [0.29, 0.717) is 39.1 Å². The first kappa shape index (κ1) is 24.4. The lowest BCUT2D eigenvalue weighted by Crippen LogP contribution is -2.39. The van der Waals surface area contributed by atoms with E-state index in [2.05, 4.69) is 15.0 Å². The standard InChI is InChI=1S/C21H23F3N4O4S/c1-27(2)10-11-28(19(29)25-15-6-5-7-16(30-3)18(15)31-4)20-26-14-9-8-13(12-17(14)33-20)32-21(22,23)24/h5-9,12H,10-11H2,1-4H3,(H,25,29). The van der Waals surface area contributed by atoms with Gasteiger partial charge in [-0.1, -0.05) is 17.4 Å². The van der Waals surface area contributed by atoms with Crippen molar-refractivity contribution < 1.29 is 32.2 Å². The molecule has 0 aliphatic heterocycles. The Labute approximate surface area is 192 Å². The van der Waals surface area contributed by atoms with E-state index in [0.717, 1.165) is 11.3 Å². The molecular weight excluding hydrogens is 461 g/mol. The first-order valence-corrected chi connectivity index (χ1v) is 10.5. The van der Waals surface area contributed by atoms with Gasteiger partial charge in [0.25, 0.3) is 0 Å². The van der Waals surface area contributed by atoms with Crippen molar-refractivity contribution in [2.75, 3.05) is 51.6 Å².